The number of nitrogens with one attached hydrogen (secondary N) is 1. The fourth-order valence-electron chi connectivity index (χ4n) is 3.43. The molecule has 1 N–H and O–H groups in total. The van der Waals surface area contributed by atoms with Crippen molar-refractivity contribution in [1.29, 1.82) is 0 Å². The molecule has 0 radical (unpaired) electrons. The Labute approximate surface area is 193 Å². The molecule has 4 aromatic rings. The van der Waals surface area contributed by atoms with Gasteiger partial charge in [0, 0.05) is 38.0 Å². The highest BCUT2D eigenvalue weighted by atomic mass is 79.9. The predicted molar refractivity (Wildman–Crippen MR) is 130 cm³/mol. The Morgan fingerprint density at radius 3 is 2.84 bits per heavy atom. The molecule has 0 spiro atoms. The van der Waals surface area contributed by atoms with Gasteiger partial charge in [-0.3, -0.25) is 4.79 Å². The van der Waals surface area contributed by atoms with Crippen LogP contribution in [0.25, 0.3) is 27.7 Å². The lowest BCUT2D eigenvalue weighted by Gasteiger charge is -2.12. The molecule has 6 heteroatoms. The minimum atomic E-state index is -0.132. The number of furan rings is 1. The van der Waals surface area contributed by atoms with Crippen molar-refractivity contribution in [2.24, 2.45) is 0 Å². The maximum absolute atomic E-state index is 12.5. The lowest BCUT2D eigenvalue weighted by molar-refractivity contribution is -0.116. The monoisotopic (exact) mass is 495 g/mol. The Balaban J connectivity index is 1.69. The van der Waals surface area contributed by atoms with Crippen molar-refractivity contribution in [3.8, 4) is 16.9 Å². The van der Waals surface area contributed by atoms with Gasteiger partial charge >= 0.3 is 0 Å². The lowest BCUT2D eigenvalue weighted by Crippen LogP contribution is -2.20. The van der Waals surface area contributed by atoms with Gasteiger partial charge in [-0.1, -0.05) is 34.1 Å². The molecule has 0 aliphatic carbocycles. The van der Waals surface area contributed by atoms with Crippen molar-refractivity contribution in [1.82, 2.24) is 5.32 Å². The van der Waals surface area contributed by atoms with E-state index in [0.717, 1.165) is 42.6 Å². The first-order valence-corrected chi connectivity index (χ1v) is 11.6. The van der Waals surface area contributed by atoms with E-state index >= 15 is 0 Å². The zero-order chi connectivity index (χ0) is 21.8. The van der Waals surface area contributed by atoms with Crippen LogP contribution in [0.3, 0.4) is 0 Å². The number of hydrogen-bond acceptors (Lipinski definition) is 4. The number of benzene rings is 2. The van der Waals surface area contributed by atoms with Gasteiger partial charge < -0.3 is 14.5 Å². The van der Waals surface area contributed by atoms with Crippen LogP contribution in [0.5, 0.6) is 5.75 Å². The number of thiophene rings is 1. The van der Waals surface area contributed by atoms with E-state index in [0.29, 0.717) is 18.9 Å². The van der Waals surface area contributed by atoms with Crippen LogP contribution in [0.4, 0.5) is 0 Å². The van der Waals surface area contributed by atoms with Gasteiger partial charge in [-0.15, -0.1) is 11.3 Å². The van der Waals surface area contributed by atoms with Crippen LogP contribution in [-0.2, 0) is 11.3 Å². The normalized spacial score (nSPS) is 11.6. The topological polar surface area (TPSA) is 51.5 Å². The molecular formula is C25H22BrNO3S. The third kappa shape index (κ3) is 4.92. The number of carbonyl (C=O) groups is 1. The summed E-state index contributed by atoms with van der Waals surface area (Å²) in [6.45, 7) is 4.91. The SMILES string of the molecule is CCOc1cc2occ(-c3cccc(Br)c3)c2cc1/C(C)=C/C(=O)NCc1cccs1. The highest BCUT2D eigenvalue weighted by Gasteiger charge is 2.15. The number of fused-ring (bicyclic) bond motifs is 1. The average molecular weight is 496 g/mol. The van der Waals surface area contributed by atoms with Crippen LogP contribution in [0, 0.1) is 0 Å². The lowest BCUT2D eigenvalue weighted by atomic mass is 9.99. The predicted octanol–water partition coefficient (Wildman–Crippen LogP) is 7.04. The Hall–Kier alpha value is -2.83. The summed E-state index contributed by atoms with van der Waals surface area (Å²) in [4.78, 5) is 13.6. The summed E-state index contributed by atoms with van der Waals surface area (Å²) in [6.07, 6.45) is 3.38. The molecule has 4 nitrogen and oxygen atoms in total. The van der Waals surface area contributed by atoms with Crippen LogP contribution in [0.15, 0.2) is 75.1 Å². The van der Waals surface area contributed by atoms with Crippen molar-refractivity contribution in [3.63, 3.8) is 0 Å². The van der Waals surface area contributed by atoms with Gasteiger partial charge in [-0.05, 0) is 54.6 Å². The van der Waals surface area contributed by atoms with E-state index in [1.165, 1.54) is 0 Å². The number of hydrogen-bond donors (Lipinski definition) is 1. The van der Waals surface area contributed by atoms with Crippen LogP contribution in [0.1, 0.15) is 24.3 Å². The highest BCUT2D eigenvalue weighted by Crippen LogP contribution is 2.38. The average Bonchev–Trinajstić information content (AvgIpc) is 3.41. The van der Waals surface area contributed by atoms with Gasteiger partial charge in [-0.2, -0.15) is 0 Å². The Morgan fingerprint density at radius 2 is 2.10 bits per heavy atom. The third-order valence-electron chi connectivity index (χ3n) is 4.90. The smallest absolute Gasteiger partial charge is 0.244 e. The molecule has 158 valence electrons. The molecule has 0 unspecified atom stereocenters. The summed E-state index contributed by atoms with van der Waals surface area (Å²) in [5.74, 6) is 0.567. The molecule has 0 saturated heterocycles. The van der Waals surface area contributed by atoms with Crippen molar-refractivity contribution in [2.75, 3.05) is 6.61 Å². The van der Waals surface area contributed by atoms with Crippen molar-refractivity contribution >= 4 is 49.7 Å². The quantitative estimate of drug-likeness (QED) is 0.279. The van der Waals surface area contributed by atoms with E-state index in [9.17, 15) is 4.79 Å². The van der Waals surface area contributed by atoms with E-state index in [4.69, 9.17) is 9.15 Å². The molecule has 0 fully saturated rings. The molecule has 2 aromatic carbocycles. The largest absolute Gasteiger partial charge is 0.493 e. The standard InChI is InChI=1S/C25H22BrNO3S/c1-3-29-23-13-24-21(22(15-30-24)17-6-4-7-18(26)11-17)12-20(23)16(2)10-25(28)27-14-19-8-5-9-31-19/h4-13,15H,3,14H2,1-2H3,(H,27,28)/b16-10+. The maximum Gasteiger partial charge on any atom is 0.244 e. The Kier molecular flexibility index (Phi) is 6.59. The fourth-order valence-corrected chi connectivity index (χ4v) is 4.47. The Bertz CT molecular complexity index is 1240. The first-order valence-electron chi connectivity index (χ1n) is 9.98. The molecule has 0 atom stereocenters. The van der Waals surface area contributed by atoms with E-state index < -0.39 is 0 Å². The maximum atomic E-state index is 12.5. The van der Waals surface area contributed by atoms with Crippen molar-refractivity contribution in [2.45, 2.75) is 20.4 Å². The van der Waals surface area contributed by atoms with Gasteiger partial charge in [0.1, 0.15) is 11.3 Å². The fraction of sp³-hybridized carbons (Fsp3) is 0.160. The summed E-state index contributed by atoms with van der Waals surface area (Å²) in [5.41, 5.74) is 4.50. The highest BCUT2D eigenvalue weighted by molar-refractivity contribution is 9.10. The second kappa shape index (κ2) is 9.54. The molecular weight excluding hydrogens is 474 g/mol. The van der Waals surface area contributed by atoms with Crippen molar-refractivity contribution in [3.05, 3.63) is 81.2 Å². The van der Waals surface area contributed by atoms with E-state index in [2.05, 4.69) is 27.3 Å². The summed E-state index contributed by atoms with van der Waals surface area (Å²) in [5, 5.41) is 5.92. The number of amides is 1. The number of allylic oxidation sites excluding steroid dienone is 1. The molecule has 0 bridgehead atoms. The summed E-state index contributed by atoms with van der Waals surface area (Å²) < 4.78 is 12.7. The van der Waals surface area contributed by atoms with E-state index in [1.54, 1.807) is 23.7 Å². The number of ether oxygens (including phenoxy) is 1. The molecule has 31 heavy (non-hydrogen) atoms. The van der Waals surface area contributed by atoms with Crippen LogP contribution >= 0.6 is 27.3 Å². The van der Waals surface area contributed by atoms with Crippen LogP contribution in [-0.4, -0.2) is 12.5 Å². The van der Waals surface area contributed by atoms with Crippen LogP contribution in [0.2, 0.25) is 0 Å². The van der Waals surface area contributed by atoms with Crippen molar-refractivity contribution < 1.29 is 13.9 Å². The summed E-state index contributed by atoms with van der Waals surface area (Å²) in [7, 11) is 0. The molecule has 0 aliphatic heterocycles. The van der Waals surface area contributed by atoms with Crippen LogP contribution < -0.4 is 10.1 Å². The molecule has 4 rings (SSSR count). The first kappa shape index (κ1) is 21.4. The number of halogens is 1. The summed E-state index contributed by atoms with van der Waals surface area (Å²) >= 11 is 5.16. The second-order valence-corrected chi connectivity index (χ2v) is 9.01. The van der Waals surface area contributed by atoms with E-state index in [1.807, 2.05) is 61.7 Å². The minimum Gasteiger partial charge on any atom is -0.493 e. The molecule has 0 aliphatic rings. The third-order valence-corrected chi connectivity index (χ3v) is 6.27. The zero-order valence-electron chi connectivity index (χ0n) is 17.3. The molecule has 2 aromatic heterocycles. The molecule has 0 saturated carbocycles. The van der Waals surface area contributed by atoms with Gasteiger partial charge in [0.2, 0.25) is 5.91 Å². The Morgan fingerprint density at radius 1 is 1.23 bits per heavy atom. The van der Waals surface area contributed by atoms with Gasteiger partial charge in [-0.25, -0.2) is 0 Å². The van der Waals surface area contributed by atoms with Gasteiger partial charge in [0.05, 0.1) is 19.4 Å². The first-order chi connectivity index (χ1) is 15.0. The zero-order valence-corrected chi connectivity index (χ0v) is 19.7. The van der Waals surface area contributed by atoms with Gasteiger partial charge in [0.25, 0.3) is 0 Å². The molecule has 2 heterocycles. The molecule has 1 amide bonds. The number of carbonyl (C=O) groups excluding carboxylic acids is 1. The van der Waals surface area contributed by atoms with Gasteiger partial charge in [0.15, 0.2) is 0 Å². The second-order valence-electron chi connectivity index (χ2n) is 7.06. The summed E-state index contributed by atoms with van der Waals surface area (Å²) in [6, 6.07) is 16.0. The van der Waals surface area contributed by atoms with E-state index in [-0.39, 0.29) is 5.91 Å². The number of rotatable bonds is 7. The minimum absolute atomic E-state index is 0.132.